The maximum absolute atomic E-state index is 10.2. The van der Waals surface area contributed by atoms with Crippen LogP contribution in [0.2, 0.25) is 0 Å². The summed E-state index contributed by atoms with van der Waals surface area (Å²) in [6.07, 6.45) is 8.70. The average Bonchev–Trinajstić information content (AvgIpc) is 2.78. The number of fused-ring (bicyclic) bond motifs is 2. The summed E-state index contributed by atoms with van der Waals surface area (Å²) >= 11 is 0. The summed E-state index contributed by atoms with van der Waals surface area (Å²) in [6, 6.07) is 0.945. The van der Waals surface area contributed by atoms with Gasteiger partial charge >= 0.3 is 0 Å². The minimum absolute atomic E-state index is 0.114. The van der Waals surface area contributed by atoms with Crippen LogP contribution in [0.5, 0.6) is 0 Å². The van der Waals surface area contributed by atoms with E-state index in [9.17, 15) is 5.11 Å². The quantitative estimate of drug-likeness (QED) is 0.790. The fourth-order valence-corrected chi connectivity index (χ4v) is 5.24. The summed E-state index contributed by atoms with van der Waals surface area (Å²) in [4.78, 5) is 0. The lowest BCUT2D eigenvalue weighted by Crippen LogP contribution is -2.57. The van der Waals surface area contributed by atoms with Gasteiger partial charge in [-0.25, -0.2) is 0 Å². The summed E-state index contributed by atoms with van der Waals surface area (Å²) in [5.41, 5.74) is 0.884. The van der Waals surface area contributed by atoms with E-state index in [0.29, 0.717) is 22.9 Å². The molecule has 0 aliphatic heterocycles. The summed E-state index contributed by atoms with van der Waals surface area (Å²) in [5, 5.41) is 14.1. The molecule has 5 atom stereocenters. The van der Waals surface area contributed by atoms with Crippen LogP contribution < -0.4 is 5.32 Å². The van der Waals surface area contributed by atoms with Crippen LogP contribution in [-0.2, 0) is 0 Å². The second-order valence-electron chi connectivity index (χ2n) is 7.97. The highest BCUT2D eigenvalue weighted by molar-refractivity contribution is 5.12. The molecule has 3 aliphatic carbocycles. The molecule has 2 heteroatoms. The maximum Gasteiger partial charge on any atom is 0.0693 e. The predicted molar refractivity (Wildman–Crippen MR) is 74.4 cm³/mol. The van der Waals surface area contributed by atoms with E-state index in [-0.39, 0.29) is 6.10 Å². The van der Waals surface area contributed by atoms with Gasteiger partial charge in [-0.2, -0.15) is 0 Å². The monoisotopic (exact) mass is 251 g/mol. The van der Waals surface area contributed by atoms with Gasteiger partial charge < -0.3 is 10.4 Å². The van der Waals surface area contributed by atoms with Gasteiger partial charge in [-0.05, 0) is 48.9 Å². The zero-order valence-corrected chi connectivity index (χ0v) is 12.2. The third kappa shape index (κ3) is 1.84. The molecule has 0 aromatic heterocycles. The lowest BCUT2D eigenvalue weighted by Gasteiger charge is -2.46. The standard InChI is InChI=1S/C16H29NO/c1-15(2)11-8-9-16(3,10-11)14(15)17-12-6-4-5-7-13(12)18/h11-14,17-18H,4-10H2,1-3H3/t11?,12-,13-,14?,16?/m1/s1. The Morgan fingerprint density at radius 3 is 2.39 bits per heavy atom. The van der Waals surface area contributed by atoms with Crippen molar-refractivity contribution in [3.63, 3.8) is 0 Å². The van der Waals surface area contributed by atoms with Gasteiger partial charge in [-0.3, -0.25) is 0 Å². The molecule has 0 spiro atoms. The highest BCUT2D eigenvalue weighted by atomic mass is 16.3. The fraction of sp³-hybridized carbons (Fsp3) is 1.00. The molecule has 18 heavy (non-hydrogen) atoms. The van der Waals surface area contributed by atoms with Crippen molar-refractivity contribution in [3.05, 3.63) is 0 Å². The van der Waals surface area contributed by atoms with Crippen molar-refractivity contribution in [2.45, 2.75) is 83.9 Å². The molecule has 2 N–H and O–H groups in total. The van der Waals surface area contributed by atoms with Crippen LogP contribution in [0.25, 0.3) is 0 Å². The molecule has 0 amide bonds. The van der Waals surface area contributed by atoms with E-state index in [1.165, 1.54) is 32.1 Å². The van der Waals surface area contributed by atoms with Crippen LogP contribution in [0.4, 0.5) is 0 Å². The fourth-order valence-electron chi connectivity index (χ4n) is 5.24. The number of rotatable bonds is 2. The second kappa shape index (κ2) is 4.21. The Labute approximate surface area is 112 Å². The molecule has 0 aromatic carbocycles. The van der Waals surface area contributed by atoms with Crippen molar-refractivity contribution in [1.82, 2.24) is 5.32 Å². The molecular weight excluding hydrogens is 222 g/mol. The highest BCUT2D eigenvalue weighted by Crippen LogP contribution is 2.62. The number of hydrogen-bond donors (Lipinski definition) is 2. The van der Waals surface area contributed by atoms with Gasteiger partial charge in [0.05, 0.1) is 6.10 Å². The van der Waals surface area contributed by atoms with Gasteiger partial charge in [0.15, 0.2) is 0 Å². The van der Waals surface area contributed by atoms with Gasteiger partial charge in [-0.1, -0.05) is 33.6 Å². The zero-order valence-electron chi connectivity index (χ0n) is 12.2. The molecule has 3 aliphatic rings. The molecule has 2 nitrogen and oxygen atoms in total. The first-order chi connectivity index (χ1) is 8.43. The lowest BCUT2D eigenvalue weighted by molar-refractivity contribution is 0.0405. The first-order valence-corrected chi connectivity index (χ1v) is 7.88. The SMILES string of the molecule is CC12CCC(C1)C(C)(C)C2N[C@@H]1CCCC[C@H]1O. The molecule has 0 aromatic rings. The van der Waals surface area contributed by atoms with Crippen molar-refractivity contribution in [3.8, 4) is 0 Å². The molecular formula is C16H29NO. The molecule has 104 valence electrons. The van der Waals surface area contributed by atoms with Crippen LogP contribution >= 0.6 is 0 Å². The van der Waals surface area contributed by atoms with Crippen molar-refractivity contribution in [1.29, 1.82) is 0 Å². The van der Waals surface area contributed by atoms with Crippen molar-refractivity contribution in [2.24, 2.45) is 16.7 Å². The summed E-state index contributed by atoms with van der Waals surface area (Å²) in [7, 11) is 0. The number of nitrogens with one attached hydrogen (secondary N) is 1. The Kier molecular flexibility index (Phi) is 3.02. The Bertz CT molecular complexity index is 322. The van der Waals surface area contributed by atoms with Crippen LogP contribution in [0.3, 0.4) is 0 Å². The normalized spacial score (nSPS) is 50.7. The van der Waals surface area contributed by atoms with Gasteiger partial charge in [-0.15, -0.1) is 0 Å². The van der Waals surface area contributed by atoms with Crippen molar-refractivity contribution < 1.29 is 5.11 Å². The summed E-state index contributed by atoms with van der Waals surface area (Å²) in [5.74, 6) is 0.890. The molecule has 3 saturated carbocycles. The minimum atomic E-state index is -0.114. The third-order valence-corrected chi connectivity index (χ3v) is 6.38. The van der Waals surface area contributed by atoms with E-state index >= 15 is 0 Å². The largest absolute Gasteiger partial charge is 0.392 e. The van der Waals surface area contributed by atoms with E-state index in [1.54, 1.807) is 0 Å². The van der Waals surface area contributed by atoms with E-state index in [4.69, 9.17) is 0 Å². The van der Waals surface area contributed by atoms with Crippen molar-refractivity contribution >= 4 is 0 Å². The van der Waals surface area contributed by atoms with E-state index in [2.05, 4.69) is 26.1 Å². The maximum atomic E-state index is 10.2. The van der Waals surface area contributed by atoms with Crippen molar-refractivity contribution in [2.75, 3.05) is 0 Å². The number of hydrogen-bond acceptors (Lipinski definition) is 2. The topological polar surface area (TPSA) is 32.3 Å². The molecule has 0 saturated heterocycles. The third-order valence-electron chi connectivity index (χ3n) is 6.38. The summed E-state index contributed by atoms with van der Waals surface area (Å²) < 4.78 is 0. The Morgan fingerprint density at radius 2 is 1.78 bits per heavy atom. The predicted octanol–water partition coefficient (Wildman–Crippen LogP) is 3.09. The lowest BCUT2D eigenvalue weighted by atomic mass is 9.68. The number of aliphatic hydroxyl groups is 1. The first kappa shape index (κ1) is 12.9. The number of aliphatic hydroxyl groups excluding tert-OH is 1. The van der Waals surface area contributed by atoms with Gasteiger partial charge in [0.25, 0.3) is 0 Å². The zero-order chi connectivity index (χ0) is 13.0. The summed E-state index contributed by atoms with van der Waals surface area (Å²) in [6.45, 7) is 7.35. The average molecular weight is 251 g/mol. The molecule has 0 heterocycles. The van der Waals surface area contributed by atoms with Crippen LogP contribution in [0.15, 0.2) is 0 Å². The Morgan fingerprint density at radius 1 is 1.06 bits per heavy atom. The molecule has 2 bridgehead atoms. The Balaban J connectivity index is 1.75. The van der Waals surface area contributed by atoms with E-state index < -0.39 is 0 Å². The minimum Gasteiger partial charge on any atom is -0.392 e. The highest BCUT2D eigenvalue weighted by Gasteiger charge is 2.59. The van der Waals surface area contributed by atoms with Crippen LogP contribution in [0, 0.1) is 16.7 Å². The Hall–Kier alpha value is -0.0800. The van der Waals surface area contributed by atoms with Gasteiger partial charge in [0.2, 0.25) is 0 Å². The van der Waals surface area contributed by atoms with E-state index in [1.807, 2.05) is 0 Å². The molecule has 3 unspecified atom stereocenters. The van der Waals surface area contributed by atoms with Gasteiger partial charge in [0, 0.05) is 12.1 Å². The molecule has 3 rings (SSSR count). The molecule has 3 fully saturated rings. The van der Waals surface area contributed by atoms with Crippen LogP contribution in [-0.4, -0.2) is 23.3 Å². The smallest absolute Gasteiger partial charge is 0.0693 e. The van der Waals surface area contributed by atoms with E-state index in [0.717, 1.165) is 18.8 Å². The van der Waals surface area contributed by atoms with Gasteiger partial charge in [0.1, 0.15) is 0 Å². The van der Waals surface area contributed by atoms with Crippen LogP contribution in [0.1, 0.15) is 65.7 Å². The first-order valence-electron chi connectivity index (χ1n) is 7.88. The second-order valence-corrected chi connectivity index (χ2v) is 7.97. The molecule has 0 radical (unpaired) electrons.